The van der Waals surface area contributed by atoms with Gasteiger partial charge in [0, 0.05) is 37.6 Å². The van der Waals surface area contributed by atoms with Gasteiger partial charge in [0.2, 0.25) is 5.91 Å². The molecule has 1 N–H and O–H groups in total. The molecule has 0 unspecified atom stereocenters. The number of carbonyl (C=O) groups excluding carboxylic acids is 1. The maximum absolute atomic E-state index is 12.2. The van der Waals surface area contributed by atoms with Crippen molar-refractivity contribution < 1.29 is 4.79 Å². The third kappa shape index (κ3) is 5.03. The molecule has 1 aromatic rings. The van der Waals surface area contributed by atoms with E-state index in [1.54, 1.807) is 0 Å². The number of hydrogen-bond donors (Lipinski definition) is 1. The summed E-state index contributed by atoms with van der Waals surface area (Å²) in [5.74, 6) is 1.82. The Morgan fingerprint density at radius 1 is 1.14 bits per heavy atom. The summed E-state index contributed by atoms with van der Waals surface area (Å²) in [5, 5.41) is 3.06. The fraction of sp³-hybridized carbons (Fsp3) is 0.720. The smallest absolute Gasteiger partial charge is 0.220 e. The Labute approximate surface area is 177 Å². The molecule has 0 saturated carbocycles. The SMILES string of the molecule is CC(C)NC(=O)CCC[C@@H]1[C@H]2CCCN3CCC[C@@H](CN1Cc1ccccc1)[C@@H]23. The molecule has 3 aliphatic rings. The van der Waals surface area contributed by atoms with Crippen LogP contribution in [0.25, 0.3) is 0 Å². The minimum absolute atomic E-state index is 0.214. The van der Waals surface area contributed by atoms with Gasteiger partial charge in [-0.1, -0.05) is 30.3 Å². The topological polar surface area (TPSA) is 35.6 Å². The van der Waals surface area contributed by atoms with Crippen LogP contribution in [0.1, 0.15) is 64.4 Å². The highest BCUT2D eigenvalue weighted by atomic mass is 16.1. The Hall–Kier alpha value is -1.39. The lowest BCUT2D eigenvalue weighted by Gasteiger charge is -2.57. The van der Waals surface area contributed by atoms with Crippen LogP contribution >= 0.6 is 0 Å². The molecule has 4 heteroatoms. The highest BCUT2D eigenvalue weighted by Crippen LogP contribution is 2.43. The molecular formula is C25H39N3O. The lowest BCUT2D eigenvalue weighted by atomic mass is 9.69. The van der Waals surface area contributed by atoms with Gasteiger partial charge in [0.15, 0.2) is 0 Å². The molecular weight excluding hydrogens is 358 g/mol. The van der Waals surface area contributed by atoms with E-state index >= 15 is 0 Å². The van der Waals surface area contributed by atoms with Crippen molar-refractivity contribution in [2.24, 2.45) is 11.8 Å². The summed E-state index contributed by atoms with van der Waals surface area (Å²) in [5.41, 5.74) is 1.43. The maximum Gasteiger partial charge on any atom is 0.220 e. The fourth-order valence-corrected chi connectivity index (χ4v) is 6.35. The molecule has 0 radical (unpaired) electrons. The molecule has 4 atom stereocenters. The molecule has 3 heterocycles. The summed E-state index contributed by atoms with van der Waals surface area (Å²) >= 11 is 0. The normalized spacial score (nSPS) is 30.2. The predicted molar refractivity (Wildman–Crippen MR) is 119 cm³/mol. The Morgan fingerprint density at radius 2 is 1.90 bits per heavy atom. The van der Waals surface area contributed by atoms with Gasteiger partial charge in [0.25, 0.3) is 0 Å². The third-order valence-corrected chi connectivity index (χ3v) is 7.36. The van der Waals surface area contributed by atoms with E-state index in [9.17, 15) is 4.79 Å². The van der Waals surface area contributed by atoms with Gasteiger partial charge in [-0.15, -0.1) is 0 Å². The summed E-state index contributed by atoms with van der Waals surface area (Å²) in [6, 6.07) is 12.6. The molecule has 0 spiro atoms. The number of amides is 1. The number of piperidine rings is 3. The second kappa shape index (κ2) is 9.61. The summed E-state index contributed by atoms with van der Waals surface area (Å²) < 4.78 is 0. The second-order valence-corrected chi connectivity index (χ2v) is 9.83. The number of hydrogen-bond acceptors (Lipinski definition) is 3. The van der Waals surface area contributed by atoms with Crippen molar-refractivity contribution in [3.8, 4) is 0 Å². The van der Waals surface area contributed by atoms with Gasteiger partial charge in [-0.2, -0.15) is 0 Å². The van der Waals surface area contributed by atoms with Gasteiger partial charge in [-0.25, -0.2) is 0 Å². The molecule has 29 heavy (non-hydrogen) atoms. The van der Waals surface area contributed by atoms with Gasteiger partial charge in [0.1, 0.15) is 0 Å². The number of carbonyl (C=O) groups is 1. The Balaban J connectivity index is 1.47. The van der Waals surface area contributed by atoms with Crippen LogP contribution in [0.15, 0.2) is 30.3 Å². The molecule has 0 bridgehead atoms. The minimum Gasteiger partial charge on any atom is -0.354 e. The quantitative estimate of drug-likeness (QED) is 0.754. The Kier molecular flexibility index (Phi) is 6.92. The van der Waals surface area contributed by atoms with Crippen LogP contribution in [-0.2, 0) is 11.3 Å². The molecule has 0 aromatic heterocycles. The predicted octanol–water partition coefficient (Wildman–Crippen LogP) is 4.06. The van der Waals surface area contributed by atoms with Gasteiger partial charge in [-0.05, 0) is 82.9 Å². The van der Waals surface area contributed by atoms with E-state index in [1.807, 2.05) is 13.8 Å². The maximum atomic E-state index is 12.2. The zero-order chi connectivity index (χ0) is 20.2. The number of benzene rings is 1. The monoisotopic (exact) mass is 397 g/mol. The molecule has 3 fully saturated rings. The molecule has 4 nitrogen and oxygen atoms in total. The van der Waals surface area contributed by atoms with Crippen molar-refractivity contribution in [3.63, 3.8) is 0 Å². The molecule has 3 aliphatic heterocycles. The summed E-state index contributed by atoms with van der Waals surface area (Å²) in [6.45, 7) is 8.99. The number of nitrogens with zero attached hydrogens (tertiary/aromatic N) is 2. The van der Waals surface area contributed by atoms with Crippen molar-refractivity contribution in [3.05, 3.63) is 35.9 Å². The highest BCUT2D eigenvalue weighted by molar-refractivity contribution is 5.76. The van der Waals surface area contributed by atoms with Crippen molar-refractivity contribution >= 4 is 5.91 Å². The minimum atomic E-state index is 0.214. The molecule has 0 aliphatic carbocycles. The lowest BCUT2D eigenvalue weighted by Crippen LogP contribution is -2.64. The first kappa shape index (κ1) is 20.9. The van der Waals surface area contributed by atoms with E-state index in [0.29, 0.717) is 12.5 Å². The first-order valence-electron chi connectivity index (χ1n) is 11.9. The van der Waals surface area contributed by atoms with Gasteiger partial charge >= 0.3 is 0 Å². The standard InChI is InChI=1S/C25H39N3O/c1-19(2)26-24(29)14-6-13-23-22-12-8-16-27-15-7-11-21(25(22)27)18-28(23)17-20-9-4-3-5-10-20/h3-5,9-10,19,21-23,25H,6-8,11-18H2,1-2H3,(H,26,29)/t21-,22+,23+,25-/m0/s1. The number of rotatable bonds is 7. The molecule has 1 amide bonds. The van der Waals surface area contributed by atoms with Crippen molar-refractivity contribution in [2.45, 2.75) is 83.5 Å². The van der Waals surface area contributed by atoms with Crippen molar-refractivity contribution in [1.29, 1.82) is 0 Å². The van der Waals surface area contributed by atoms with E-state index < -0.39 is 0 Å². The average Bonchev–Trinajstić information content (AvgIpc) is 2.70. The van der Waals surface area contributed by atoms with E-state index in [0.717, 1.165) is 37.3 Å². The number of likely N-dealkylation sites (tertiary alicyclic amines) is 1. The first-order chi connectivity index (χ1) is 14.1. The zero-order valence-electron chi connectivity index (χ0n) is 18.4. The van der Waals surface area contributed by atoms with E-state index in [4.69, 9.17) is 0 Å². The van der Waals surface area contributed by atoms with Gasteiger partial charge in [-0.3, -0.25) is 14.6 Å². The van der Waals surface area contributed by atoms with Gasteiger partial charge < -0.3 is 5.32 Å². The van der Waals surface area contributed by atoms with Crippen LogP contribution in [0, 0.1) is 11.8 Å². The first-order valence-corrected chi connectivity index (χ1v) is 11.9. The van der Waals surface area contributed by atoms with Crippen LogP contribution in [0.5, 0.6) is 0 Å². The third-order valence-electron chi connectivity index (χ3n) is 7.36. The van der Waals surface area contributed by atoms with Gasteiger partial charge in [0.05, 0.1) is 0 Å². The highest BCUT2D eigenvalue weighted by Gasteiger charge is 2.48. The average molecular weight is 398 g/mol. The summed E-state index contributed by atoms with van der Waals surface area (Å²) in [4.78, 5) is 17.8. The lowest BCUT2D eigenvalue weighted by molar-refractivity contribution is -0.122. The van der Waals surface area contributed by atoms with Crippen LogP contribution in [0.3, 0.4) is 0 Å². The summed E-state index contributed by atoms with van der Waals surface area (Å²) in [6.07, 6.45) is 8.30. The molecule has 3 saturated heterocycles. The van der Waals surface area contributed by atoms with Crippen LogP contribution < -0.4 is 5.32 Å². The fourth-order valence-electron chi connectivity index (χ4n) is 6.35. The van der Waals surface area contributed by atoms with E-state index in [1.165, 1.54) is 50.9 Å². The number of nitrogens with one attached hydrogen (secondary N) is 1. The van der Waals surface area contributed by atoms with Crippen LogP contribution in [-0.4, -0.2) is 53.5 Å². The largest absolute Gasteiger partial charge is 0.354 e. The zero-order valence-corrected chi connectivity index (χ0v) is 18.4. The molecule has 160 valence electrons. The Bertz CT molecular complexity index is 659. The van der Waals surface area contributed by atoms with Crippen molar-refractivity contribution in [1.82, 2.24) is 15.1 Å². The van der Waals surface area contributed by atoms with Crippen LogP contribution in [0.2, 0.25) is 0 Å². The molecule has 1 aromatic carbocycles. The second-order valence-electron chi connectivity index (χ2n) is 9.83. The molecule has 4 rings (SSSR count). The van der Waals surface area contributed by atoms with E-state index in [-0.39, 0.29) is 11.9 Å². The van der Waals surface area contributed by atoms with Crippen molar-refractivity contribution in [2.75, 3.05) is 19.6 Å². The van der Waals surface area contributed by atoms with Crippen LogP contribution in [0.4, 0.5) is 0 Å². The van der Waals surface area contributed by atoms with E-state index in [2.05, 4.69) is 45.4 Å². The Morgan fingerprint density at radius 3 is 2.66 bits per heavy atom. The summed E-state index contributed by atoms with van der Waals surface area (Å²) in [7, 11) is 0.